The molecule has 2 N–H and O–H groups in total. The fourth-order valence-electron chi connectivity index (χ4n) is 4.03. The van der Waals surface area contributed by atoms with Crippen molar-refractivity contribution in [2.75, 3.05) is 0 Å². The number of hydrogen-bond acceptors (Lipinski definition) is 9. The van der Waals surface area contributed by atoms with E-state index >= 15 is 0 Å². The van der Waals surface area contributed by atoms with E-state index in [-0.39, 0.29) is 154 Å². The summed E-state index contributed by atoms with van der Waals surface area (Å²) in [6, 6.07) is 0. The first kappa shape index (κ1) is 87.6. The van der Waals surface area contributed by atoms with E-state index in [1.165, 1.54) is 35.1 Å². The Morgan fingerprint density at radius 2 is 0.969 bits per heavy atom. The van der Waals surface area contributed by atoms with Crippen LogP contribution in [-0.4, -0.2) is 52.7 Å². The van der Waals surface area contributed by atoms with Gasteiger partial charge in [0.1, 0.15) is 6.29 Å². The van der Waals surface area contributed by atoms with Crippen LogP contribution in [0, 0.1) is 23.7 Å². The molecule has 0 aliphatic rings. The summed E-state index contributed by atoms with van der Waals surface area (Å²) in [5.41, 5.74) is 10.7. The zero-order valence-corrected chi connectivity index (χ0v) is 51.0. The number of carbonyl (C=O) groups excluding carboxylic acids is 5. The number of alkyl halides is 2. The van der Waals surface area contributed by atoms with Crippen LogP contribution < -0.4 is 114 Å². The molecule has 0 bridgehead atoms. The zero-order chi connectivity index (χ0) is 48.5. The number of hydrogen-bond donors (Lipinski definition) is 1. The van der Waals surface area contributed by atoms with E-state index in [0.29, 0.717) is 24.9 Å². The third kappa shape index (κ3) is 92.7. The molecule has 0 aliphatic heterocycles. The molecule has 0 aromatic carbocycles. The zero-order valence-electron chi connectivity index (χ0n) is 44.2. The number of aldehydes is 3. The second-order valence-corrected chi connectivity index (χ2v) is 19.9. The average molecular weight is 1000 g/mol. The van der Waals surface area contributed by atoms with Crippen LogP contribution in [0.3, 0.4) is 0 Å². The van der Waals surface area contributed by atoms with Gasteiger partial charge in [-0.3, -0.25) is 19.4 Å². The van der Waals surface area contributed by atoms with Crippen LogP contribution in [0.5, 0.6) is 0 Å². The van der Waals surface area contributed by atoms with E-state index in [2.05, 4.69) is 103 Å². The largest absolute Gasteiger partial charge is 1.00 e. The number of aliphatic imine (C=N–C) groups is 1. The fraction of sp³-hybridized carbons (Fsp3) is 0.725. The summed E-state index contributed by atoms with van der Waals surface area (Å²) in [4.78, 5) is 57.2. The smallest absolute Gasteiger partial charge is 1.00 e. The molecule has 4 unspecified atom stereocenters. The van der Waals surface area contributed by atoms with Gasteiger partial charge in [0.05, 0.1) is 5.54 Å². The van der Waals surface area contributed by atoms with Gasteiger partial charge in [-0.1, -0.05) is 112 Å². The van der Waals surface area contributed by atoms with E-state index < -0.39 is 4.33 Å². The summed E-state index contributed by atoms with van der Waals surface area (Å²) in [5.74, 6) is 0.856. The number of rotatable bonds is 21. The summed E-state index contributed by atoms with van der Waals surface area (Å²) in [6.45, 7) is 36.9. The van der Waals surface area contributed by atoms with Gasteiger partial charge in [-0.15, -0.1) is 0 Å². The molecule has 0 aromatic heterocycles. The van der Waals surface area contributed by atoms with Crippen molar-refractivity contribution < 1.29 is 138 Å². The molecule has 13 heteroatoms. The van der Waals surface area contributed by atoms with Gasteiger partial charge in [-0.2, -0.15) is 0 Å². The molecule has 0 saturated carbocycles. The Kier molecular flexibility index (Phi) is 76.9. The van der Waals surface area contributed by atoms with Crippen molar-refractivity contribution in [3.05, 3.63) is 46.6 Å². The van der Waals surface area contributed by atoms with E-state index in [0.717, 1.165) is 57.1 Å². The molecule has 64 heavy (non-hydrogen) atoms. The van der Waals surface area contributed by atoms with Crippen molar-refractivity contribution in [1.29, 1.82) is 0 Å². The monoisotopic (exact) mass is 999 g/mol. The van der Waals surface area contributed by atoms with Crippen molar-refractivity contribution in [3.8, 4) is 0 Å². The van der Waals surface area contributed by atoms with Crippen LogP contribution in [0.15, 0.2) is 51.6 Å². The molecule has 370 valence electrons. The van der Waals surface area contributed by atoms with Gasteiger partial charge in [0.15, 0.2) is 22.7 Å². The van der Waals surface area contributed by atoms with E-state index in [1.54, 1.807) is 6.92 Å². The van der Waals surface area contributed by atoms with Gasteiger partial charge < -0.3 is 26.9 Å². The molecule has 9 nitrogen and oxygen atoms in total. The van der Waals surface area contributed by atoms with E-state index in [1.807, 2.05) is 55.4 Å². The number of ketones is 1. The van der Waals surface area contributed by atoms with E-state index in [4.69, 9.17) is 39.0 Å². The van der Waals surface area contributed by atoms with Crippen LogP contribution in [0.1, 0.15) is 205 Å². The van der Waals surface area contributed by atoms with Crippen molar-refractivity contribution >= 4 is 60.5 Å². The molecule has 0 fully saturated rings. The Labute approximate surface area is 492 Å². The SMILES string of the molecule is C.C.CC(C)(C)N.CC(C)=CCCC(C)C(=O)C=O.CC(C)=CCCC(C)C(Cl)(Cl)C=O.CC(C)=CCCC(C)CC=NC(C)(C)C.CC(C)=CCCC(C)CC=O.O=CO[O-].[H-].[K+].[K+]. The summed E-state index contributed by atoms with van der Waals surface area (Å²) in [6.07, 6.45) is 22.7. The first-order valence-corrected chi connectivity index (χ1v) is 22.0. The third-order valence-corrected chi connectivity index (χ3v) is 8.59. The van der Waals surface area contributed by atoms with Gasteiger partial charge in [0, 0.05) is 17.9 Å². The van der Waals surface area contributed by atoms with Crippen LogP contribution in [0.2, 0.25) is 0 Å². The van der Waals surface area contributed by atoms with Crippen molar-refractivity contribution in [1.82, 2.24) is 0 Å². The summed E-state index contributed by atoms with van der Waals surface area (Å²) < 4.78 is -1.23. The number of Topliss-reactive ketones (excluding diaryl/α,β-unsaturated/α-hetero) is 1. The standard InChI is InChI=1S/C14H27N.C10H16Cl2O.C10H16O2.C10H18O.C4H11N.CH2O3.2CH4.2K.H/c1-12(2)8-7-9-13(3)10-11-15-14(4,5)6;1-8(2)5-4-6-9(3)10(11,12)7-13;1-8(2)5-4-6-9(3)10(12)7-11;1-9(2)5-4-6-10(3)7-8-11;1-4(2,3)5;2-1-4-3;;;;;/h8,11,13H,7,9-10H2,1-6H3;5,7,9H,4,6H2,1-3H3;5,7,9H,4,6H2,1-3H3;5,8,10H,4,6-7H2,1-3H3;5H2,1-3H3;1,3H;2*1H4;;;/q;;;;;;;;2*+1;-1/p-1. The first-order valence-electron chi connectivity index (χ1n) is 21.2. The maximum atomic E-state index is 10.8. The molecule has 0 amide bonds. The molecule has 0 spiro atoms. The Balaban J connectivity index is -0.0000000612. The molecule has 0 aromatic rings. The second kappa shape index (κ2) is 56.1. The number of nitrogens with two attached hydrogens (primary N) is 1. The first-order chi connectivity index (χ1) is 27.4. The number of carbonyl (C=O) groups is 5. The van der Waals surface area contributed by atoms with Crippen molar-refractivity contribution in [3.63, 3.8) is 0 Å². The quantitative estimate of drug-likeness (QED) is 0.0177. The normalized spacial score (nSPS) is 11.7. The number of halogens is 2. The Morgan fingerprint density at radius 3 is 1.23 bits per heavy atom. The minimum absolute atomic E-state index is 0. The predicted molar refractivity (Wildman–Crippen MR) is 272 cm³/mol. The molecule has 0 rings (SSSR count). The predicted octanol–water partition coefficient (Wildman–Crippen LogP) is 8.04. The van der Waals surface area contributed by atoms with Crippen LogP contribution in [0.4, 0.5) is 0 Å². The van der Waals surface area contributed by atoms with Crippen LogP contribution in [0.25, 0.3) is 0 Å². The summed E-state index contributed by atoms with van der Waals surface area (Å²) >= 11 is 11.5. The molecule has 0 saturated heterocycles. The van der Waals surface area contributed by atoms with Crippen molar-refractivity contribution in [2.24, 2.45) is 34.4 Å². The molecule has 0 heterocycles. The summed E-state index contributed by atoms with van der Waals surface area (Å²) in [7, 11) is 0. The number of allylic oxidation sites excluding steroid dienone is 8. The average Bonchev–Trinajstić information content (AvgIpc) is 3.10. The van der Waals surface area contributed by atoms with Gasteiger partial charge in [0.25, 0.3) is 6.47 Å². The second-order valence-electron chi connectivity index (χ2n) is 18.4. The minimum atomic E-state index is -1.23. The molecule has 0 aliphatic carbocycles. The van der Waals surface area contributed by atoms with Crippen molar-refractivity contribution in [2.45, 2.75) is 219 Å². The van der Waals surface area contributed by atoms with E-state index in [9.17, 15) is 19.2 Å². The van der Waals surface area contributed by atoms with Gasteiger partial charge >= 0.3 is 103 Å². The molecular formula is C51H98Cl2K2N2O7. The maximum absolute atomic E-state index is 10.8. The Morgan fingerprint density at radius 1 is 0.656 bits per heavy atom. The molecule has 4 atom stereocenters. The summed E-state index contributed by atoms with van der Waals surface area (Å²) in [5, 5.41) is 8.43. The minimum Gasteiger partial charge on any atom is -1.00 e. The van der Waals surface area contributed by atoms with Gasteiger partial charge in [-0.25, -0.2) is 0 Å². The Bertz CT molecular complexity index is 1260. The van der Waals surface area contributed by atoms with Gasteiger partial charge in [0.2, 0.25) is 0 Å². The maximum Gasteiger partial charge on any atom is 1.00 e. The number of nitrogens with zero attached hydrogens (tertiary/aromatic N) is 1. The Hall–Kier alpha value is 0.553. The van der Waals surface area contributed by atoms with Gasteiger partial charge in [-0.05, 0) is 179 Å². The molecular weight excluding hydrogens is 902 g/mol. The van der Waals surface area contributed by atoms with Crippen LogP contribution >= 0.6 is 23.2 Å². The third-order valence-electron chi connectivity index (χ3n) is 7.67. The molecule has 0 radical (unpaired) electrons. The van der Waals surface area contributed by atoms with Crippen LogP contribution in [-0.2, 0) is 28.9 Å². The fourth-order valence-corrected chi connectivity index (χ4v) is 4.25. The topological polar surface area (TPSA) is 156 Å².